The van der Waals surface area contributed by atoms with E-state index in [4.69, 9.17) is 0 Å². The highest BCUT2D eigenvalue weighted by Crippen LogP contribution is 2.46. The van der Waals surface area contributed by atoms with E-state index < -0.39 is 6.04 Å². The molecule has 0 spiro atoms. The zero-order valence-electron chi connectivity index (χ0n) is 14.9. The average molecular weight is 329 g/mol. The Balaban J connectivity index is 1.70. The summed E-state index contributed by atoms with van der Waals surface area (Å²) in [6, 6.07) is 8.08. The van der Waals surface area contributed by atoms with Crippen LogP contribution in [0.5, 0.6) is 0 Å². The second-order valence-corrected chi connectivity index (χ2v) is 8.11. The van der Waals surface area contributed by atoms with Crippen LogP contribution in [0.1, 0.15) is 58.1 Å². The predicted molar refractivity (Wildman–Crippen MR) is 93.3 cm³/mol. The van der Waals surface area contributed by atoms with Crippen LogP contribution < -0.4 is 16.0 Å². The van der Waals surface area contributed by atoms with Crippen molar-refractivity contribution >= 4 is 11.8 Å². The summed E-state index contributed by atoms with van der Waals surface area (Å²) in [7, 11) is 0. The lowest BCUT2D eigenvalue weighted by molar-refractivity contribution is -0.132. The van der Waals surface area contributed by atoms with Crippen molar-refractivity contribution in [3.63, 3.8) is 0 Å². The summed E-state index contributed by atoms with van der Waals surface area (Å²) in [6.45, 7) is 8.42. The minimum Gasteiger partial charge on any atom is -0.345 e. The van der Waals surface area contributed by atoms with E-state index in [9.17, 15) is 9.59 Å². The summed E-state index contributed by atoms with van der Waals surface area (Å²) in [4.78, 5) is 24.2. The Morgan fingerprint density at radius 2 is 1.83 bits per heavy atom. The molecule has 2 aliphatic rings. The number of benzene rings is 1. The molecule has 1 heterocycles. The number of amides is 2. The Morgan fingerprint density at radius 3 is 2.33 bits per heavy atom. The molecule has 1 saturated heterocycles. The van der Waals surface area contributed by atoms with Gasteiger partial charge in [0.25, 0.3) is 0 Å². The van der Waals surface area contributed by atoms with Gasteiger partial charge in [-0.15, -0.1) is 0 Å². The van der Waals surface area contributed by atoms with Crippen LogP contribution >= 0.6 is 0 Å². The first kappa shape index (κ1) is 17.0. The van der Waals surface area contributed by atoms with Crippen LogP contribution in [0.15, 0.2) is 24.3 Å². The van der Waals surface area contributed by atoms with Crippen molar-refractivity contribution < 1.29 is 9.59 Å². The molecule has 1 aliphatic heterocycles. The van der Waals surface area contributed by atoms with Crippen LogP contribution in [-0.2, 0) is 20.5 Å². The first-order valence-corrected chi connectivity index (χ1v) is 8.68. The lowest BCUT2D eigenvalue weighted by Crippen LogP contribution is -2.60. The first-order valence-electron chi connectivity index (χ1n) is 8.68. The predicted octanol–water partition coefficient (Wildman–Crippen LogP) is 1.91. The molecule has 0 radical (unpaired) electrons. The van der Waals surface area contributed by atoms with Crippen molar-refractivity contribution in [2.24, 2.45) is 0 Å². The fourth-order valence-corrected chi connectivity index (χ4v) is 3.28. The molecule has 130 valence electrons. The van der Waals surface area contributed by atoms with Gasteiger partial charge in [0.1, 0.15) is 0 Å². The van der Waals surface area contributed by atoms with Gasteiger partial charge >= 0.3 is 0 Å². The Hall–Kier alpha value is -1.88. The molecule has 0 aromatic heterocycles. The summed E-state index contributed by atoms with van der Waals surface area (Å²) in [5.41, 5.74) is 2.30. The monoisotopic (exact) mass is 329 g/mol. The van der Waals surface area contributed by atoms with E-state index in [1.165, 1.54) is 5.56 Å². The van der Waals surface area contributed by atoms with Crippen LogP contribution in [0.2, 0.25) is 0 Å². The number of carbonyl (C=O) groups is 2. The molecule has 5 nitrogen and oxygen atoms in total. The minimum atomic E-state index is -0.458. The molecule has 1 aliphatic carbocycles. The SMILES string of the molecule is CC1NC(=O)CC(C(=O)NC2(c3ccc(C(C)(C)C)cc3)CC2)N1. The van der Waals surface area contributed by atoms with E-state index in [0.29, 0.717) is 0 Å². The Bertz CT molecular complexity index is 642. The maximum Gasteiger partial charge on any atom is 0.238 e. The fraction of sp³-hybridized carbons (Fsp3) is 0.579. The molecule has 1 aromatic carbocycles. The molecule has 2 amide bonds. The van der Waals surface area contributed by atoms with Crippen molar-refractivity contribution in [2.75, 3.05) is 0 Å². The van der Waals surface area contributed by atoms with E-state index in [1.54, 1.807) is 0 Å². The van der Waals surface area contributed by atoms with Gasteiger partial charge in [0.15, 0.2) is 0 Å². The van der Waals surface area contributed by atoms with Crippen LogP contribution in [-0.4, -0.2) is 24.0 Å². The third-order valence-electron chi connectivity index (χ3n) is 4.95. The van der Waals surface area contributed by atoms with Crippen molar-refractivity contribution in [1.29, 1.82) is 0 Å². The normalized spacial score (nSPS) is 25.8. The molecular weight excluding hydrogens is 302 g/mol. The van der Waals surface area contributed by atoms with Gasteiger partial charge in [0.05, 0.1) is 24.2 Å². The lowest BCUT2D eigenvalue weighted by atomic mass is 9.86. The molecule has 2 unspecified atom stereocenters. The number of carbonyl (C=O) groups excluding carboxylic acids is 2. The standard InChI is InChI=1S/C19H27N3O2/c1-12-20-15(11-16(23)21-12)17(24)22-19(9-10-19)14-7-5-13(6-8-14)18(2,3)4/h5-8,12,15,20H,9-11H2,1-4H3,(H,21,23)(H,22,24). The van der Waals surface area contributed by atoms with Crippen molar-refractivity contribution in [3.8, 4) is 0 Å². The van der Waals surface area contributed by atoms with Gasteiger partial charge < -0.3 is 10.6 Å². The Labute approximate surface area is 143 Å². The minimum absolute atomic E-state index is 0.0826. The molecule has 3 N–H and O–H groups in total. The van der Waals surface area contributed by atoms with Crippen molar-refractivity contribution in [1.82, 2.24) is 16.0 Å². The van der Waals surface area contributed by atoms with Crippen LogP contribution in [0.3, 0.4) is 0 Å². The number of hydrogen-bond donors (Lipinski definition) is 3. The summed E-state index contributed by atoms with van der Waals surface area (Å²) in [5, 5.41) is 9.07. The maximum absolute atomic E-state index is 12.6. The van der Waals surface area contributed by atoms with Gasteiger partial charge in [-0.2, -0.15) is 0 Å². The lowest BCUT2D eigenvalue weighted by Gasteiger charge is -2.30. The fourth-order valence-electron chi connectivity index (χ4n) is 3.28. The van der Waals surface area contributed by atoms with Gasteiger partial charge in [0.2, 0.25) is 11.8 Å². The van der Waals surface area contributed by atoms with Crippen LogP contribution in [0, 0.1) is 0 Å². The van der Waals surface area contributed by atoms with E-state index in [1.807, 2.05) is 6.92 Å². The van der Waals surface area contributed by atoms with Gasteiger partial charge in [-0.3, -0.25) is 14.9 Å². The quantitative estimate of drug-likeness (QED) is 0.793. The Morgan fingerprint density at radius 1 is 1.21 bits per heavy atom. The van der Waals surface area contributed by atoms with Gasteiger partial charge in [-0.05, 0) is 36.3 Å². The van der Waals surface area contributed by atoms with Gasteiger partial charge in [0, 0.05) is 0 Å². The third-order valence-corrected chi connectivity index (χ3v) is 4.95. The molecule has 1 saturated carbocycles. The second-order valence-electron chi connectivity index (χ2n) is 8.11. The maximum atomic E-state index is 12.6. The Kier molecular flexibility index (Phi) is 4.16. The number of rotatable bonds is 3. The zero-order valence-corrected chi connectivity index (χ0v) is 14.9. The highest BCUT2D eigenvalue weighted by atomic mass is 16.2. The van der Waals surface area contributed by atoms with E-state index >= 15 is 0 Å². The second kappa shape index (κ2) is 5.88. The molecule has 5 heteroatoms. The van der Waals surface area contributed by atoms with Crippen LogP contribution in [0.4, 0.5) is 0 Å². The topological polar surface area (TPSA) is 70.2 Å². The smallest absolute Gasteiger partial charge is 0.238 e. The highest BCUT2D eigenvalue weighted by Gasteiger charge is 2.47. The summed E-state index contributed by atoms with van der Waals surface area (Å²) in [6.07, 6.45) is 1.91. The average Bonchev–Trinajstić information content (AvgIpc) is 3.26. The largest absolute Gasteiger partial charge is 0.345 e. The third kappa shape index (κ3) is 3.46. The molecule has 2 fully saturated rings. The molecular formula is C19H27N3O2. The first-order chi connectivity index (χ1) is 11.2. The zero-order chi connectivity index (χ0) is 17.5. The number of hydrogen-bond acceptors (Lipinski definition) is 3. The van der Waals surface area contributed by atoms with Gasteiger partial charge in [-0.1, -0.05) is 45.0 Å². The number of nitrogens with one attached hydrogen (secondary N) is 3. The summed E-state index contributed by atoms with van der Waals surface area (Å²) >= 11 is 0. The van der Waals surface area contributed by atoms with E-state index in [0.717, 1.165) is 18.4 Å². The van der Waals surface area contributed by atoms with Crippen LogP contribution in [0.25, 0.3) is 0 Å². The molecule has 1 aromatic rings. The molecule has 2 atom stereocenters. The van der Waals surface area contributed by atoms with Gasteiger partial charge in [-0.25, -0.2) is 0 Å². The molecule has 0 bridgehead atoms. The summed E-state index contributed by atoms with van der Waals surface area (Å²) < 4.78 is 0. The summed E-state index contributed by atoms with van der Waals surface area (Å²) in [5.74, 6) is -0.171. The van der Waals surface area contributed by atoms with E-state index in [-0.39, 0.29) is 35.4 Å². The highest BCUT2D eigenvalue weighted by molar-refractivity contribution is 5.90. The molecule has 24 heavy (non-hydrogen) atoms. The van der Waals surface area contributed by atoms with Crippen molar-refractivity contribution in [3.05, 3.63) is 35.4 Å². The molecule has 3 rings (SSSR count). The van der Waals surface area contributed by atoms with E-state index in [2.05, 4.69) is 61.0 Å². The van der Waals surface area contributed by atoms with Crippen molar-refractivity contribution in [2.45, 2.75) is 70.1 Å².